The molecule has 2 amide bonds. The normalized spacial score (nSPS) is 13.3. The topological polar surface area (TPSA) is 89.4 Å². The maximum Gasteiger partial charge on any atom is 0.349 e. The van der Waals surface area contributed by atoms with Crippen LogP contribution in [0.5, 0.6) is 0 Å². The van der Waals surface area contributed by atoms with Gasteiger partial charge in [-0.25, -0.2) is 9.59 Å². The highest BCUT2D eigenvalue weighted by Crippen LogP contribution is 2.38. The largest absolute Gasteiger partial charge is 0.456 e. The average Bonchev–Trinajstić information content (AvgIpc) is 3.48. The molecule has 3 aromatic heterocycles. The predicted molar refractivity (Wildman–Crippen MR) is 140 cm³/mol. The number of esters is 1. The van der Waals surface area contributed by atoms with E-state index in [4.69, 9.17) is 4.74 Å². The minimum atomic E-state index is -0.603. The monoisotopic (exact) mass is 513 g/mol. The summed E-state index contributed by atoms with van der Waals surface area (Å²) in [7, 11) is 0. The van der Waals surface area contributed by atoms with Crippen molar-refractivity contribution >= 4 is 45.5 Å². The third kappa shape index (κ3) is 5.51. The van der Waals surface area contributed by atoms with Gasteiger partial charge in [-0.1, -0.05) is 0 Å². The van der Waals surface area contributed by atoms with E-state index in [1.54, 1.807) is 6.92 Å². The van der Waals surface area contributed by atoms with Crippen molar-refractivity contribution in [1.29, 1.82) is 0 Å². The fourth-order valence-corrected chi connectivity index (χ4v) is 6.78. The number of nitrogens with zero attached hydrogens (tertiary/aromatic N) is 1. The molecule has 0 aromatic carbocycles. The minimum Gasteiger partial charge on any atom is -0.456 e. The number of anilines is 1. The van der Waals surface area contributed by atoms with Crippen LogP contribution in [-0.4, -0.2) is 28.0 Å². The molecule has 0 aliphatic heterocycles. The van der Waals surface area contributed by atoms with E-state index in [0.717, 1.165) is 47.4 Å². The maximum atomic E-state index is 12.9. The lowest BCUT2D eigenvalue weighted by molar-refractivity contribution is 0.00743. The van der Waals surface area contributed by atoms with Crippen LogP contribution in [0.4, 0.5) is 9.80 Å². The molecular formula is C26H31N3O4S2. The first kappa shape index (κ1) is 25.2. The third-order valence-electron chi connectivity index (χ3n) is 5.85. The summed E-state index contributed by atoms with van der Waals surface area (Å²) in [5, 5.41) is 7.30. The minimum absolute atomic E-state index is 0.0229. The zero-order chi connectivity index (χ0) is 25.3. The number of rotatable bonds is 6. The Morgan fingerprint density at radius 1 is 1.09 bits per heavy atom. The standard InChI is InChI=1S/C26H31N3O4S2/c1-15-18(23(29-12-8-9-13-29)35-21(15)24(31)33-26(3,4)5)14-27-25(32)28-22-20(16(2)30)17-10-6-7-11-19(17)34-22/h8-9,12-13H,6-7,10-11,14H2,1-5H3,(H2,27,28,32). The molecule has 0 spiro atoms. The van der Waals surface area contributed by atoms with Gasteiger partial charge in [0.25, 0.3) is 0 Å². The molecule has 0 bridgehead atoms. The Hall–Kier alpha value is -2.91. The Balaban J connectivity index is 1.56. The van der Waals surface area contributed by atoms with Crippen LogP contribution in [0, 0.1) is 6.92 Å². The number of aromatic nitrogens is 1. The van der Waals surface area contributed by atoms with Crippen molar-refractivity contribution in [2.24, 2.45) is 0 Å². The molecule has 0 unspecified atom stereocenters. The van der Waals surface area contributed by atoms with Crippen molar-refractivity contribution in [2.45, 2.75) is 72.4 Å². The number of nitrogens with one attached hydrogen (secondary N) is 2. The van der Waals surface area contributed by atoms with Gasteiger partial charge in [0, 0.05) is 29.4 Å². The number of carbonyl (C=O) groups is 3. The van der Waals surface area contributed by atoms with Gasteiger partial charge >= 0.3 is 12.0 Å². The summed E-state index contributed by atoms with van der Waals surface area (Å²) in [6.45, 7) is 9.17. The summed E-state index contributed by atoms with van der Waals surface area (Å²) < 4.78 is 7.53. The summed E-state index contributed by atoms with van der Waals surface area (Å²) in [6.07, 6.45) is 7.81. The molecule has 186 valence electrons. The second-order valence-corrected chi connectivity index (χ2v) is 11.8. The molecule has 4 rings (SSSR count). The second-order valence-electron chi connectivity index (χ2n) is 9.71. The van der Waals surface area contributed by atoms with Gasteiger partial charge in [-0.3, -0.25) is 10.1 Å². The fraction of sp³-hybridized carbons (Fsp3) is 0.423. The van der Waals surface area contributed by atoms with Crippen molar-refractivity contribution < 1.29 is 19.1 Å². The number of hydrogen-bond acceptors (Lipinski definition) is 6. The van der Waals surface area contributed by atoms with Gasteiger partial charge in [0.2, 0.25) is 0 Å². The van der Waals surface area contributed by atoms with Gasteiger partial charge in [-0.05, 0) is 83.6 Å². The summed E-state index contributed by atoms with van der Waals surface area (Å²) in [5.41, 5.74) is 2.76. The SMILES string of the molecule is CC(=O)c1c(NC(=O)NCc2c(-n3cccc3)sc(C(=O)OC(C)(C)C)c2C)sc2c1CCCC2. The number of ether oxygens (including phenoxy) is 1. The number of Topliss-reactive ketones (excluding diaryl/α,β-unsaturated/α-hetero) is 1. The molecule has 0 saturated heterocycles. The number of hydrogen-bond donors (Lipinski definition) is 2. The van der Waals surface area contributed by atoms with Crippen molar-refractivity contribution in [3.8, 4) is 5.00 Å². The molecule has 2 N–H and O–H groups in total. The lowest BCUT2D eigenvalue weighted by Crippen LogP contribution is -2.29. The zero-order valence-corrected chi connectivity index (χ0v) is 22.4. The van der Waals surface area contributed by atoms with Gasteiger partial charge in [0.1, 0.15) is 20.5 Å². The molecular weight excluding hydrogens is 482 g/mol. The number of urea groups is 1. The van der Waals surface area contributed by atoms with Crippen molar-refractivity contribution in [3.05, 3.63) is 56.5 Å². The number of fused-ring (bicyclic) bond motifs is 1. The van der Waals surface area contributed by atoms with Crippen LogP contribution in [0.1, 0.15) is 82.1 Å². The summed E-state index contributed by atoms with van der Waals surface area (Å²) >= 11 is 2.85. The van der Waals surface area contributed by atoms with Crippen LogP contribution in [-0.2, 0) is 24.1 Å². The van der Waals surface area contributed by atoms with E-state index < -0.39 is 5.60 Å². The molecule has 3 aromatic rings. The smallest absolute Gasteiger partial charge is 0.349 e. The molecule has 7 nitrogen and oxygen atoms in total. The molecule has 1 aliphatic rings. The van der Waals surface area contributed by atoms with Crippen LogP contribution >= 0.6 is 22.7 Å². The van der Waals surface area contributed by atoms with Crippen LogP contribution in [0.25, 0.3) is 5.00 Å². The third-order valence-corrected chi connectivity index (χ3v) is 8.38. The Labute approximate surface area is 213 Å². The van der Waals surface area contributed by atoms with Gasteiger partial charge in [-0.15, -0.1) is 22.7 Å². The maximum absolute atomic E-state index is 12.9. The number of aryl methyl sites for hydroxylation is 1. The van der Waals surface area contributed by atoms with Gasteiger partial charge in [0.15, 0.2) is 5.78 Å². The molecule has 0 fully saturated rings. The summed E-state index contributed by atoms with van der Waals surface area (Å²) in [6, 6.07) is 3.44. The Morgan fingerprint density at radius 3 is 2.43 bits per heavy atom. The molecule has 9 heteroatoms. The number of amides is 2. The zero-order valence-electron chi connectivity index (χ0n) is 20.7. The Kier molecular flexibility index (Phi) is 7.19. The second kappa shape index (κ2) is 9.99. The van der Waals surface area contributed by atoms with Crippen molar-refractivity contribution in [2.75, 3.05) is 5.32 Å². The average molecular weight is 514 g/mol. The Morgan fingerprint density at radius 2 is 1.77 bits per heavy atom. The van der Waals surface area contributed by atoms with Gasteiger partial charge in [-0.2, -0.15) is 0 Å². The van der Waals surface area contributed by atoms with E-state index in [0.29, 0.717) is 15.4 Å². The lowest BCUT2D eigenvalue weighted by atomic mass is 9.94. The number of thiophene rings is 2. The van der Waals surface area contributed by atoms with Crippen LogP contribution in [0.2, 0.25) is 0 Å². The molecule has 3 heterocycles. The van der Waals surface area contributed by atoms with Crippen molar-refractivity contribution in [3.63, 3.8) is 0 Å². The number of ketones is 1. The molecule has 0 radical (unpaired) electrons. The molecule has 35 heavy (non-hydrogen) atoms. The Bertz CT molecular complexity index is 1260. The highest BCUT2D eigenvalue weighted by Gasteiger charge is 2.27. The van der Waals surface area contributed by atoms with Crippen LogP contribution in [0.3, 0.4) is 0 Å². The molecule has 0 atom stereocenters. The van der Waals surface area contributed by atoms with Gasteiger partial charge < -0.3 is 14.6 Å². The first-order chi connectivity index (χ1) is 16.5. The van der Waals surface area contributed by atoms with E-state index in [1.807, 2.05) is 56.8 Å². The summed E-state index contributed by atoms with van der Waals surface area (Å²) in [4.78, 5) is 39.8. The molecule has 0 saturated carbocycles. The van der Waals surface area contributed by atoms with E-state index in [9.17, 15) is 14.4 Å². The quantitative estimate of drug-likeness (QED) is 0.300. The van der Waals surface area contributed by atoms with Crippen LogP contribution in [0.15, 0.2) is 24.5 Å². The first-order valence-corrected chi connectivity index (χ1v) is 13.4. The van der Waals surface area contributed by atoms with Crippen LogP contribution < -0.4 is 10.6 Å². The first-order valence-electron chi connectivity index (χ1n) is 11.7. The van der Waals surface area contributed by atoms with E-state index in [2.05, 4.69) is 10.6 Å². The van der Waals surface area contributed by atoms with Gasteiger partial charge in [0.05, 0.1) is 5.56 Å². The van der Waals surface area contributed by atoms with E-state index >= 15 is 0 Å². The molecule has 1 aliphatic carbocycles. The van der Waals surface area contributed by atoms with Crippen molar-refractivity contribution in [1.82, 2.24) is 9.88 Å². The highest BCUT2D eigenvalue weighted by atomic mass is 32.1. The number of carbonyl (C=O) groups excluding carboxylic acids is 3. The predicted octanol–water partition coefficient (Wildman–Crippen LogP) is 6.27. The highest BCUT2D eigenvalue weighted by molar-refractivity contribution is 7.17. The van der Waals surface area contributed by atoms with E-state index in [1.165, 1.54) is 27.6 Å². The fourth-order valence-electron chi connectivity index (χ4n) is 4.28. The van der Waals surface area contributed by atoms with E-state index in [-0.39, 0.29) is 24.3 Å². The lowest BCUT2D eigenvalue weighted by Gasteiger charge is -2.19. The summed E-state index contributed by atoms with van der Waals surface area (Å²) in [5.74, 6) is -0.398.